The Morgan fingerprint density at radius 1 is 1.47 bits per heavy atom. The summed E-state index contributed by atoms with van der Waals surface area (Å²) in [5.41, 5.74) is 0. The van der Waals surface area contributed by atoms with Crippen LogP contribution in [0, 0.1) is 0 Å². The Morgan fingerprint density at radius 2 is 2.27 bits per heavy atom. The third-order valence-corrected chi connectivity index (χ3v) is 2.31. The summed E-state index contributed by atoms with van der Waals surface area (Å²) in [5.74, 6) is -0.500. The van der Waals surface area contributed by atoms with Crippen LogP contribution in [0.25, 0.3) is 0 Å². The van der Waals surface area contributed by atoms with Crippen molar-refractivity contribution in [2.24, 2.45) is 0 Å². The fourth-order valence-electron chi connectivity index (χ4n) is 1.45. The quantitative estimate of drug-likeness (QED) is 0.482. The second-order valence-corrected chi connectivity index (χ2v) is 3.59. The van der Waals surface area contributed by atoms with Crippen molar-refractivity contribution in [1.82, 2.24) is 5.32 Å². The molecule has 0 aromatic rings. The molecule has 1 aliphatic heterocycles. The maximum absolute atomic E-state index is 11.4. The maximum atomic E-state index is 11.4. The summed E-state index contributed by atoms with van der Waals surface area (Å²) in [5, 5.41) is 11.2. The predicted octanol–water partition coefficient (Wildman–Crippen LogP) is -0.0292. The summed E-state index contributed by atoms with van der Waals surface area (Å²) >= 11 is 0. The molecule has 1 saturated heterocycles. The highest BCUT2D eigenvalue weighted by atomic mass is 16.6. The van der Waals surface area contributed by atoms with Gasteiger partial charge in [0.2, 0.25) is 0 Å². The van der Waals surface area contributed by atoms with Gasteiger partial charge in [0.05, 0.1) is 0 Å². The molecule has 1 rings (SSSR count). The number of rotatable bonds is 6. The topological polar surface area (TPSA) is 75.6 Å². The Bertz CT molecular complexity index is 229. The van der Waals surface area contributed by atoms with Gasteiger partial charge in [0, 0.05) is 26.0 Å². The maximum Gasteiger partial charge on any atom is 0.306 e. The van der Waals surface area contributed by atoms with Gasteiger partial charge in [0.1, 0.15) is 0 Å². The van der Waals surface area contributed by atoms with E-state index in [-0.39, 0.29) is 18.5 Å². The van der Waals surface area contributed by atoms with E-state index in [0.717, 1.165) is 19.3 Å². The molecule has 5 nitrogen and oxygen atoms in total. The molecule has 2 N–H and O–H groups in total. The summed E-state index contributed by atoms with van der Waals surface area (Å²) in [7, 11) is 0. The van der Waals surface area contributed by atoms with Gasteiger partial charge >= 0.3 is 5.97 Å². The highest BCUT2D eigenvalue weighted by molar-refractivity contribution is 5.86. The second kappa shape index (κ2) is 6.40. The van der Waals surface area contributed by atoms with E-state index >= 15 is 0 Å². The minimum Gasteiger partial charge on any atom is -0.452 e. The van der Waals surface area contributed by atoms with E-state index in [2.05, 4.69) is 5.32 Å². The molecule has 1 amide bonds. The highest BCUT2D eigenvalue weighted by Gasteiger charge is 2.29. The van der Waals surface area contributed by atoms with Crippen LogP contribution in [-0.4, -0.2) is 36.2 Å². The molecule has 1 atom stereocenters. The number of ether oxygens (including phenoxy) is 1. The van der Waals surface area contributed by atoms with Gasteiger partial charge in [0.25, 0.3) is 5.91 Å². The van der Waals surface area contributed by atoms with E-state index in [9.17, 15) is 9.59 Å². The lowest BCUT2D eigenvalue weighted by Gasteiger charge is -2.09. The minimum absolute atomic E-state index is 0.189. The van der Waals surface area contributed by atoms with Crippen LogP contribution in [-0.2, 0) is 14.3 Å². The average Bonchev–Trinajstić information content (AvgIpc) is 2.64. The molecule has 0 aromatic carbocycles. The van der Waals surface area contributed by atoms with Crippen LogP contribution in [0.3, 0.4) is 0 Å². The molecule has 5 heteroatoms. The van der Waals surface area contributed by atoms with Crippen molar-refractivity contribution in [3.05, 3.63) is 0 Å². The first-order valence-electron chi connectivity index (χ1n) is 5.32. The third-order valence-electron chi connectivity index (χ3n) is 2.31. The van der Waals surface area contributed by atoms with Crippen molar-refractivity contribution in [3.63, 3.8) is 0 Å². The Labute approximate surface area is 88.8 Å². The van der Waals surface area contributed by atoms with Gasteiger partial charge in [-0.25, -0.2) is 0 Å². The molecule has 15 heavy (non-hydrogen) atoms. The first kappa shape index (κ1) is 12.0. The summed E-state index contributed by atoms with van der Waals surface area (Å²) in [6.07, 6.45) is 2.72. The van der Waals surface area contributed by atoms with Crippen LogP contribution >= 0.6 is 0 Å². The fourth-order valence-corrected chi connectivity index (χ4v) is 1.45. The number of hydrogen-bond acceptors (Lipinski definition) is 4. The molecular formula is C10H17NO4. The van der Waals surface area contributed by atoms with E-state index in [1.54, 1.807) is 0 Å². The molecule has 1 heterocycles. The number of aliphatic hydroxyl groups excluding tert-OH is 1. The summed E-state index contributed by atoms with van der Waals surface area (Å²) in [6, 6.07) is 0. The Hall–Kier alpha value is -1.10. The third kappa shape index (κ3) is 4.29. The molecule has 0 aliphatic carbocycles. The van der Waals surface area contributed by atoms with Crippen LogP contribution in [0.15, 0.2) is 0 Å². The number of carbonyl (C=O) groups is 2. The SMILES string of the molecule is O=C1CC[C@@H](C(=O)NCCCCCO)O1. The normalized spacial score (nSPS) is 20.1. The first-order chi connectivity index (χ1) is 7.24. The van der Waals surface area contributed by atoms with Crippen molar-refractivity contribution in [2.45, 2.75) is 38.2 Å². The van der Waals surface area contributed by atoms with Crippen LogP contribution in [0.1, 0.15) is 32.1 Å². The van der Waals surface area contributed by atoms with E-state index in [1.807, 2.05) is 0 Å². The Morgan fingerprint density at radius 3 is 2.87 bits per heavy atom. The van der Waals surface area contributed by atoms with Crippen molar-refractivity contribution < 1.29 is 19.4 Å². The van der Waals surface area contributed by atoms with Crippen molar-refractivity contribution in [2.75, 3.05) is 13.2 Å². The van der Waals surface area contributed by atoms with Gasteiger partial charge in [-0.2, -0.15) is 0 Å². The molecule has 86 valence electrons. The van der Waals surface area contributed by atoms with Crippen molar-refractivity contribution in [3.8, 4) is 0 Å². The molecule has 0 spiro atoms. The predicted molar refractivity (Wildman–Crippen MR) is 53.1 cm³/mol. The number of unbranched alkanes of at least 4 members (excludes halogenated alkanes) is 2. The standard InChI is InChI=1S/C10H17NO4/c12-7-3-1-2-6-11-10(14)8-4-5-9(13)15-8/h8,12H,1-7H2,(H,11,14)/t8-/m0/s1. The summed E-state index contributed by atoms with van der Waals surface area (Å²) in [4.78, 5) is 22.1. The van der Waals surface area contributed by atoms with Crippen LogP contribution in [0.2, 0.25) is 0 Å². The molecule has 1 aliphatic rings. The summed E-state index contributed by atoms with van der Waals surface area (Å²) in [6.45, 7) is 0.765. The van der Waals surface area contributed by atoms with Crippen LogP contribution in [0.4, 0.5) is 0 Å². The molecule has 0 saturated carbocycles. The van der Waals surface area contributed by atoms with Gasteiger partial charge < -0.3 is 15.2 Å². The average molecular weight is 215 g/mol. The number of aliphatic hydroxyl groups is 1. The molecule has 0 bridgehead atoms. The number of hydrogen-bond donors (Lipinski definition) is 2. The minimum atomic E-state index is -0.588. The Balaban J connectivity index is 2.06. The zero-order valence-corrected chi connectivity index (χ0v) is 8.70. The zero-order chi connectivity index (χ0) is 11.1. The number of cyclic esters (lactones) is 1. The summed E-state index contributed by atoms with van der Waals surface area (Å²) < 4.78 is 4.81. The van der Waals surface area contributed by atoms with E-state index in [1.165, 1.54) is 0 Å². The Kier molecular flexibility index (Phi) is 5.10. The monoisotopic (exact) mass is 215 g/mol. The van der Waals surface area contributed by atoms with Gasteiger partial charge in [-0.1, -0.05) is 0 Å². The molecular weight excluding hydrogens is 198 g/mol. The lowest BCUT2D eigenvalue weighted by molar-refractivity contribution is -0.148. The van der Waals surface area contributed by atoms with E-state index in [0.29, 0.717) is 19.4 Å². The van der Waals surface area contributed by atoms with Crippen molar-refractivity contribution in [1.29, 1.82) is 0 Å². The highest BCUT2D eigenvalue weighted by Crippen LogP contribution is 2.13. The smallest absolute Gasteiger partial charge is 0.306 e. The van der Waals surface area contributed by atoms with E-state index in [4.69, 9.17) is 9.84 Å². The molecule has 0 unspecified atom stereocenters. The lowest BCUT2D eigenvalue weighted by Crippen LogP contribution is -2.34. The first-order valence-corrected chi connectivity index (χ1v) is 5.32. The van der Waals surface area contributed by atoms with Gasteiger partial charge in [-0.15, -0.1) is 0 Å². The molecule has 1 fully saturated rings. The van der Waals surface area contributed by atoms with E-state index < -0.39 is 6.10 Å². The number of esters is 1. The van der Waals surface area contributed by atoms with Gasteiger partial charge in [0.15, 0.2) is 6.10 Å². The largest absolute Gasteiger partial charge is 0.452 e. The molecule has 0 radical (unpaired) electrons. The van der Waals surface area contributed by atoms with Crippen LogP contribution in [0.5, 0.6) is 0 Å². The van der Waals surface area contributed by atoms with Crippen molar-refractivity contribution >= 4 is 11.9 Å². The van der Waals surface area contributed by atoms with Gasteiger partial charge in [-0.05, 0) is 19.3 Å². The number of nitrogens with one attached hydrogen (secondary N) is 1. The number of amides is 1. The fraction of sp³-hybridized carbons (Fsp3) is 0.800. The second-order valence-electron chi connectivity index (χ2n) is 3.59. The van der Waals surface area contributed by atoms with Gasteiger partial charge in [-0.3, -0.25) is 9.59 Å². The number of carbonyl (C=O) groups excluding carboxylic acids is 2. The van der Waals surface area contributed by atoms with Crippen LogP contribution < -0.4 is 5.32 Å². The lowest BCUT2D eigenvalue weighted by atomic mass is 10.2. The molecule has 0 aromatic heterocycles. The zero-order valence-electron chi connectivity index (χ0n) is 8.70.